The molecule has 0 aliphatic carbocycles. The lowest BCUT2D eigenvalue weighted by Crippen LogP contribution is -2.53. The van der Waals surface area contributed by atoms with Crippen molar-refractivity contribution in [2.75, 3.05) is 62.2 Å². The Labute approximate surface area is 364 Å². The Hall–Kier alpha value is -3.87. The summed E-state index contributed by atoms with van der Waals surface area (Å²) >= 11 is 0. The molecule has 8 rings (SSSR count). The van der Waals surface area contributed by atoms with Gasteiger partial charge in [-0.1, -0.05) is 12.1 Å². The van der Waals surface area contributed by atoms with E-state index in [4.69, 9.17) is 4.74 Å². The molecule has 6 aliphatic rings. The molecule has 2 aromatic carbocycles. The Morgan fingerprint density at radius 2 is 1.08 bits per heavy atom. The maximum atomic E-state index is 12.5. The molecule has 6 fully saturated rings. The van der Waals surface area contributed by atoms with Crippen molar-refractivity contribution in [3.63, 3.8) is 0 Å². The summed E-state index contributed by atoms with van der Waals surface area (Å²) in [6.45, 7) is 19.4. The second-order valence-electron chi connectivity index (χ2n) is 20.2. The number of nitrogens with zero attached hydrogens (tertiary/aromatic N) is 5. The van der Waals surface area contributed by atoms with E-state index in [-0.39, 0.29) is 17.7 Å². The molecule has 2 spiro atoms. The molecule has 12 heteroatoms. The zero-order chi connectivity index (χ0) is 43.4. The number of hydrogen-bond donors (Lipinski definition) is 3. The molecule has 6 saturated heterocycles. The third-order valence-electron chi connectivity index (χ3n) is 14.6. The number of anilines is 2. The largest absolute Gasteiger partial charge is 0.480 e. The topological polar surface area (TPSA) is 129 Å². The molecule has 336 valence electrons. The van der Waals surface area contributed by atoms with E-state index in [2.05, 4.69) is 75.2 Å². The molecule has 2 atom stereocenters. The molecule has 0 bridgehead atoms. The fourth-order valence-corrected chi connectivity index (χ4v) is 11.6. The van der Waals surface area contributed by atoms with Crippen molar-refractivity contribution in [3.8, 4) is 0 Å². The van der Waals surface area contributed by atoms with Crippen molar-refractivity contribution >= 4 is 29.4 Å². The summed E-state index contributed by atoms with van der Waals surface area (Å²) in [5.74, 6) is -1.41. The van der Waals surface area contributed by atoms with Gasteiger partial charge in [0.15, 0.2) is 0 Å². The summed E-state index contributed by atoms with van der Waals surface area (Å²) in [5, 5.41) is 22.9. The Bertz CT molecular complexity index is 1850. The number of hydrogen-bond acceptors (Lipinski definition) is 9. The van der Waals surface area contributed by atoms with Crippen molar-refractivity contribution in [1.82, 2.24) is 20.0 Å². The van der Waals surface area contributed by atoms with E-state index < -0.39 is 23.6 Å². The van der Waals surface area contributed by atoms with Gasteiger partial charge in [-0.05, 0) is 197 Å². The summed E-state index contributed by atoms with van der Waals surface area (Å²) in [4.78, 5) is 47.5. The lowest BCUT2D eigenvalue weighted by atomic mass is 9.84. The van der Waals surface area contributed by atoms with E-state index in [9.17, 15) is 24.6 Å². The number of aliphatic carboxylic acids is 2. The van der Waals surface area contributed by atoms with Crippen molar-refractivity contribution in [1.29, 1.82) is 0 Å². The van der Waals surface area contributed by atoms with Crippen LogP contribution < -0.4 is 15.1 Å². The van der Waals surface area contributed by atoms with Crippen molar-refractivity contribution in [2.45, 2.75) is 166 Å². The van der Waals surface area contributed by atoms with Crippen LogP contribution in [0.5, 0.6) is 0 Å². The SMILES string of the molecule is Cc1cc(CN2CCCC23CCN(C(=O)OC(C)(C)C)CC3)cc(N2CCCC[C@H]2C(=O)O)c1.Cc1cc(CN2CCCC23CCNCC3)cc(N2CCCCC2C(=O)O)c1. The molecule has 61 heavy (non-hydrogen) atoms. The summed E-state index contributed by atoms with van der Waals surface area (Å²) in [6.07, 6.45) is 14.8. The fraction of sp³-hybridized carbons (Fsp3) is 0.694. The molecule has 0 aromatic heterocycles. The monoisotopic (exact) mass is 843 g/mol. The van der Waals surface area contributed by atoms with E-state index in [1.807, 2.05) is 25.7 Å². The van der Waals surface area contributed by atoms with Crippen LogP contribution in [0.4, 0.5) is 16.2 Å². The minimum Gasteiger partial charge on any atom is -0.480 e. The molecule has 12 nitrogen and oxygen atoms in total. The number of carboxylic acid groups (broad SMARTS) is 2. The second kappa shape index (κ2) is 19.3. The van der Waals surface area contributed by atoms with E-state index in [1.54, 1.807) is 0 Å². The smallest absolute Gasteiger partial charge is 0.410 e. The Balaban J connectivity index is 0.000000189. The van der Waals surface area contributed by atoms with Gasteiger partial charge in [0.25, 0.3) is 0 Å². The maximum Gasteiger partial charge on any atom is 0.410 e. The van der Waals surface area contributed by atoms with Gasteiger partial charge < -0.3 is 35.0 Å². The molecule has 0 radical (unpaired) electrons. The van der Waals surface area contributed by atoms with E-state index in [0.29, 0.717) is 12.0 Å². The number of likely N-dealkylation sites (tertiary alicyclic amines) is 3. The van der Waals surface area contributed by atoms with Gasteiger partial charge >= 0.3 is 18.0 Å². The number of rotatable bonds is 8. The number of benzene rings is 2. The van der Waals surface area contributed by atoms with Gasteiger partial charge in [-0.15, -0.1) is 0 Å². The lowest BCUT2D eigenvalue weighted by Gasteiger charge is -2.45. The summed E-state index contributed by atoms with van der Waals surface area (Å²) in [6, 6.07) is 12.5. The predicted octanol–water partition coefficient (Wildman–Crippen LogP) is 7.96. The van der Waals surface area contributed by atoms with E-state index in [1.165, 1.54) is 67.3 Å². The highest BCUT2D eigenvalue weighted by Gasteiger charge is 2.45. The first-order valence-corrected chi connectivity index (χ1v) is 23.5. The van der Waals surface area contributed by atoms with Gasteiger partial charge in [0.2, 0.25) is 0 Å². The van der Waals surface area contributed by atoms with Crippen LogP contribution in [0.1, 0.15) is 133 Å². The molecule has 2 aromatic rings. The highest BCUT2D eigenvalue weighted by atomic mass is 16.6. The second-order valence-corrected chi connectivity index (χ2v) is 20.2. The van der Waals surface area contributed by atoms with Crippen LogP contribution in [0.2, 0.25) is 0 Å². The molecule has 1 unspecified atom stereocenters. The first-order chi connectivity index (χ1) is 29.1. The Morgan fingerprint density at radius 1 is 0.623 bits per heavy atom. The van der Waals surface area contributed by atoms with Gasteiger partial charge in [0.1, 0.15) is 17.7 Å². The van der Waals surface area contributed by atoms with Crippen molar-refractivity contribution in [3.05, 3.63) is 58.7 Å². The number of aryl methyl sites for hydroxylation is 2. The highest BCUT2D eigenvalue weighted by Crippen LogP contribution is 2.41. The molecule has 1 amide bonds. The normalized spacial score (nSPS) is 24.4. The molecule has 3 N–H and O–H groups in total. The number of ether oxygens (including phenoxy) is 1. The zero-order valence-electron chi connectivity index (χ0n) is 37.9. The summed E-state index contributed by atoms with van der Waals surface area (Å²) < 4.78 is 5.59. The first kappa shape index (κ1) is 45.2. The first-order valence-electron chi connectivity index (χ1n) is 23.5. The van der Waals surface area contributed by atoms with Gasteiger partial charge in [-0.3, -0.25) is 9.80 Å². The molecular weight excluding hydrogens is 769 g/mol. The minimum absolute atomic E-state index is 0.136. The minimum atomic E-state index is -0.724. The average Bonchev–Trinajstić information content (AvgIpc) is 3.79. The van der Waals surface area contributed by atoms with Gasteiger partial charge in [0, 0.05) is 61.7 Å². The van der Waals surface area contributed by atoms with Crippen molar-refractivity contribution < 1.29 is 29.3 Å². The standard InChI is InChI=1S/C27H41N3O4.C22H33N3O2/c1-20-16-21(18-22(17-20)30-13-6-5-8-23(30)24(31)32)19-29-12-7-9-27(29)10-14-28(15-11-27)25(33)34-26(2,3)4;1-17-13-18(16-24-11-4-6-22(24)7-9-23-10-8-22)15-19(14-17)25-12-3-2-5-20(25)21(26)27/h16-18,23H,5-15,19H2,1-4H3,(H,31,32);13-15,20,23H,2-12,16H2,1H3,(H,26,27)/t23-;/m0./s1. The number of carbonyl (C=O) groups is 3. The molecule has 6 aliphatic heterocycles. The van der Waals surface area contributed by atoms with Crippen LogP contribution in [0, 0.1) is 13.8 Å². The number of amides is 1. The van der Waals surface area contributed by atoms with Crippen LogP contribution in [0.3, 0.4) is 0 Å². The maximum absolute atomic E-state index is 12.5. The number of carboxylic acids is 2. The lowest BCUT2D eigenvalue weighted by molar-refractivity contribution is -0.140. The van der Waals surface area contributed by atoms with Gasteiger partial charge in [-0.25, -0.2) is 14.4 Å². The van der Waals surface area contributed by atoms with E-state index in [0.717, 1.165) is 115 Å². The third kappa shape index (κ3) is 10.8. The summed E-state index contributed by atoms with van der Waals surface area (Å²) in [5.41, 5.74) is 7.17. The molecule has 0 saturated carbocycles. The van der Waals surface area contributed by atoms with Crippen LogP contribution >= 0.6 is 0 Å². The highest BCUT2D eigenvalue weighted by molar-refractivity contribution is 5.79. The zero-order valence-corrected chi connectivity index (χ0v) is 37.9. The number of nitrogens with one attached hydrogen (secondary N) is 1. The predicted molar refractivity (Wildman–Crippen MR) is 241 cm³/mol. The summed E-state index contributed by atoms with van der Waals surface area (Å²) in [7, 11) is 0. The van der Waals surface area contributed by atoms with Gasteiger partial charge in [-0.2, -0.15) is 0 Å². The third-order valence-corrected chi connectivity index (χ3v) is 14.6. The van der Waals surface area contributed by atoms with Crippen LogP contribution in [0.15, 0.2) is 36.4 Å². The van der Waals surface area contributed by atoms with Gasteiger partial charge in [0.05, 0.1) is 0 Å². The van der Waals surface area contributed by atoms with Crippen molar-refractivity contribution in [2.24, 2.45) is 0 Å². The molecular formula is C49H74N6O6. The fourth-order valence-electron chi connectivity index (χ4n) is 11.6. The Morgan fingerprint density at radius 3 is 1.52 bits per heavy atom. The van der Waals surface area contributed by atoms with E-state index >= 15 is 0 Å². The quantitative estimate of drug-likeness (QED) is 0.240. The number of carbonyl (C=O) groups excluding carboxylic acids is 1. The van der Waals surface area contributed by atoms with Crippen LogP contribution in [0.25, 0.3) is 0 Å². The number of piperidine rings is 4. The average molecular weight is 843 g/mol. The van der Waals surface area contributed by atoms with Crippen LogP contribution in [-0.4, -0.2) is 124 Å². The Kier molecular flexibility index (Phi) is 14.3. The van der Waals surface area contributed by atoms with Crippen LogP contribution in [-0.2, 0) is 27.4 Å². The molecule has 6 heterocycles.